The van der Waals surface area contributed by atoms with E-state index in [1.54, 1.807) is 7.05 Å². The molecule has 0 aliphatic heterocycles. The third kappa shape index (κ3) is 1.21. The Kier molecular flexibility index (Phi) is 2.23. The van der Waals surface area contributed by atoms with E-state index in [-0.39, 0.29) is 11.6 Å². The van der Waals surface area contributed by atoms with Crippen molar-refractivity contribution in [1.29, 1.82) is 0 Å². The van der Waals surface area contributed by atoms with Gasteiger partial charge in [-0.2, -0.15) is 0 Å². The number of rotatable bonds is 1. The molecule has 0 saturated heterocycles. The van der Waals surface area contributed by atoms with E-state index in [0.717, 1.165) is 6.07 Å². The fourth-order valence-electron chi connectivity index (χ4n) is 1.97. The predicted molar refractivity (Wildman–Crippen MR) is 46.4 cm³/mol. The lowest BCUT2D eigenvalue weighted by atomic mass is 10.1. The summed E-state index contributed by atoms with van der Waals surface area (Å²) in [5, 5.41) is 2.88. The summed E-state index contributed by atoms with van der Waals surface area (Å²) in [6, 6.07) is 0.894. The van der Waals surface area contributed by atoms with Gasteiger partial charge in [0, 0.05) is 11.6 Å². The zero-order chi connectivity index (χ0) is 10.3. The molecule has 0 radical (unpaired) electrons. The maximum atomic E-state index is 13.3. The van der Waals surface area contributed by atoms with Crippen LogP contribution >= 0.6 is 0 Å². The van der Waals surface area contributed by atoms with Crippen LogP contribution in [0.25, 0.3) is 0 Å². The van der Waals surface area contributed by atoms with Crippen LogP contribution in [0.2, 0.25) is 0 Å². The lowest BCUT2D eigenvalue weighted by Gasteiger charge is -2.11. The smallest absolute Gasteiger partial charge is 0.194 e. The van der Waals surface area contributed by atoms with Gasteiger partial charge in [-0.1, -0.05) is 0 Å². The van der Waals surface area contributed by atoms with Crippen LogP contribution in [-0.2, 0) is 6.42 Å². The molecule has 76 valence electrons. The molecule has 2 rings (SSSR count). The summed E-state index contributed by atoms with van der Waals surface area (Å²) in [7, 11) is 1.68. The van der Waals surface area contributed by atoms with Gasteiger partial charge < -0.3 is 5.32 Å². The quantitative estimate of drug-likeness (QED) is 0.687. The highest BCUT2D eigenvalue weighted by Crippen LogP contribution is 2.34. The highest BCUT2D eigenvalue weighted by atomic mass is 19.2. The molecule has 0 spiro atoms. The first kappa shape index (κ1) is 9.52. The van der Waals surface area contributed by atoms with Gasteiger partial charge in [0.2, 0.25) is 0 Å². The highest BCUT2D eigenvalue weighted by molar-refractivity contribution is 5.37. The van der Waals surface area contributed by atoms with E-state index in [4.69, 9.17) is 0 Å². The minimum absolute atomic E-state index is 0.194. The standard InChI is InChI=1S/C10H10F3N/c1-14-7-3-2-5-4-6(11)9(12)10(13)8(5)7/h4,7,14H,2-3H2,1H3. The Bertz CT molecular complexity index is 376. The average Bonchev–Trinajstić information content (AvgIpc) is 2.57. The van der Waals surface area contributed by atoms with Gasteiger partial charge in [-0.15, -0.1) is 0 Å². The van der Waals surface area contributed by atoms with Crippen molar-refractivity contribution in [3.63, 3.8) is 0 Å². The van der Waals surface area contributed by atoms with Crippen molar-refractivity contribution in [1.82, 2.24) is 5.32 Å². The first-order valence-corrected chi connectivity index (χ1v) is 4.48. The number of hydrogen-bond acceptors (Lipinski definition) is 1. The average molecular weight is 201 g/mol. The molecule has 0 bridgehead atoms. The molecule has 1 nitrogen and oxygen atoms in total. The zero-order valence-electron chi connectivity index (χ0n) is 7.70. The van der Waals surface area contributed by atoms with Gasteiger partial charge in [-0.3, -0.25) is 0 Å². The van der Waals surface area contributed by atoms with Gasteiger partial charge in [0.15, 0.2) is 17.5 Å². The molecular formula is C10H10F3N. The number of fused-ring (bicyclic) bond motifs is 1. The van der Waals surface area contributed by atoms with Crippen molar-refractivity contribution in [2.45, 2.75) is 18.9 Å². The van der Waals surface area contributed by atoms with Crippen LogP contribution in [0.1, 0.15) is 23.6 Å². The fraction of sp³-hybridized carbons (Fsp3) is 0.400. The maximum Gasteiger partial charge on any atom is 0.194 e. The number of hydrogen-bond donors (Lipinski definition) is 1. The molecule has 1 aromatic carbocycles. The van der Waals surface area contributed by atoms with E-state index in [9.17, 15) is 13.2 Å². The van der Waals surface area contributed by atoms with Crippen LogP contribution in [-0.4, -0.2) is 7.05 Å². The molecule has 1 N–H and O–H groups in total. The fourth-order valence-corrected chi connectivity index (χ4v) is 1.97. The molecule has 4 heteroatoms. The largest absolute Gasteiger partial charge is 0.313 e. The van der Waals surface area contributed by atoms with E-state index in [2.05, 4.69) is 5.32 Å². The minimum atomic E-state index is -1.37. The Morgan fingerprint density at radius 2 is 2.00 bits per heavy atom. The predicted octanol–water partition coefficient (Wildman–Crippen LogP) is 2.31. The zero-order valence-corrected chi connectivity index (χ0v) is 7.70. The van der Waals surface area contributed by atoms with Crippen molar-refractivity contribution < 1.29 is 13.2 Å². The second kappa shape index (κ2) is 3.28. The topological polar surface area (TPSA) is 12.0 Å². The summed E-state index contributed by atoms with van der Waals surface area (Å²) < 4.78 is 39.1. The Morgan fingerprint density at radius 1 is 1.29 bits per heavy atom. The van der Waals surface area contributed by atoms with E-state index in [0.29, 0.717) is 18.4 Å². The van der Waals surface area contributed by atoms with E-state index in [1.807, 2.05) is 0 Å². The molecule has 1 aliphatic carbocycles. The monoisotopic (exact) mass is 201 g/mol. The van der Waals surface area contributed by atoms with Crippen molar-refractivity contribution in [2.24, 2.45) is 0 Å². The molecule has 0 heterocycles. The van der Waals surface area contributed by atoms with Gasteiger partial charge in [0.25, 0.3) is 0 Å². The summed E-state index contributed by atoms with van der Waals surface area (Å²) in [4.78, 5) is 0. The van der Waals surface area contributed by atoms with Gasteiger partial charge in [0.1, 0.15) is 0 Å². The molecule has 1 aromatic rings. The third-order valence-electron chi connectivity index (χ3n) is 2.69. The van der Waals surface area contributed by atoms with Crippen LogP contribution < -0.4 is 5.32 Å². The Labute approximate surface area is 79.9 Å². The van der Waals surface area contributed by atoms with Gasteiger partial charge in [0.05, 0.1) is 0 Å². The molecule has 0 aromatic heterocycles. The van der Waals surface area contributed by atoms with E-state index >= 15 is 0 Å². The second-order valence-corrected chi connectivity index (χ2v) is 3.44. The van der Waals surface area contributed by atoms with Crippen LogP contribution in [0, 0.1) is 17.5 Å². The summed E-state index contributed by atoms with van der Waals surface area (Å²) in [5.41, 5.74) is 0.854. The Balaban J connectivity index is 2.60. The number of nitrogens with one attached hydrogen (secondary N) is 1. The summed E-state index contributed by atoms with van der Waals surface area (Å²) >= 11 is 0. The number of benzene rings is 1. The number of aryl methyl sites for hydroxylation is 1. The summed E-state index contributed by atoms with van der Waals surface area (Å²) in [6.07, 6.45) is 1.28. The van der Waals surface area contributed by atoms with Crippen LogP contribution in [0.3, 0.4) is 0 Å². The molecule has 1 atom stereocenters. The van der Waals surface area contributed by atoms with Crippen molar-refractivity contribution in [2.75, 3.05) is 7.05 Å². The van der Waals surface area contributed by atoms with Crippen LogP contribution in [0.4, 0.5) is 13.2 Å². The molecular weight excluding hydrogens is 191 g/mol. The molecule has 1 aliphatic rings. The highest BCUT2D eigenvalue weighted by Gasteiger charge is 2.28. The van der Waals surface area contributed by atoms with Gasteiger partial charge in [-0.05, 0) is 31.5 Å². The normalized spacial score (nSPS) is 19.9. The molecule has 14 heavy (non-hydrogen) atoms. The Morgan fingerprint density at radius 3 is 2.64 bits per heavy atom. The van der Waals surface area contributed by atoms with Crippen LogP contribution in [0.15, 0.2) is 6.07 Å². The molecule has 0 amide bonds. The van der Waals surface area contributed by atoms with E-state index in [1.165, 1.54) is 0 Å². The summed E-state index contributed by atoms with van der Waals surface area (Å²) in [5.74, 6) is -3.51. The lowest BCUT2D eigenvalue weighted by Crippen LogP contribution is -2.15. The first-order chi connectivity index (χ1) is 6.65. The van der Waals surface area contributed by atoms with E-state index < -0.39 is 17.5 Å². The SMILES string of the molecule is CNC1CCc2cc(F)c(F)c(F)c21. The van der Waals surface area contributed by atoms with Gasteiger partial charge >= 0.3 is 0 Å². The molecule has 0 saturated carbocycles. The number of halogens is 3. The maximum absolute atomic E-state index is 13.3. The minimum Gasteiger partial charge on any atom is -0.313 e. The first-order valence-electron chi connectivity index (χ1n) is 4.48. The molecule has 1 unspecified atom stereocenters. The second-order valence-electron chi connectivity index (χ2n) is 3.44. The van der Waals surface area contributed by atoms with Crippen LogP contribution in [0.5, 0.6) is 0 Å². The van der Waals surface area contributed by atoms with Crippen molar-refractivity contribution >= 4 is 0 Å². The van der Waals surface area contributed by atoms with Gasteiger partial charge in [-0.25, -0.2) is 13.2 Å². The summed E-state index contributed by atoms with van der Waals surface area (Å²) in [6.45, 7) is 0. The molecule has 0 fully saturated rings. The van der Waals surface area contributed by atoms with Crippen molar-refractivity contribution in [3.8, 4) is 0 Å². The third-order valence-corrected chi connectivity index (χ3v) is 2.69. The lowest BCUT2D eigenvalue weighted by molar-refractivity contribution is 0.433. The van der Waals surface area contributed by atoms with Crippen molar-refractivity contribution in [3.05, 3.63) is 34.6 Å². The Hall–Kier alpha value is -1.03.